The Morgan fingerprint density at radius 1 is 0.682 bits per heavy atom. The number of hydrogen-bond donors (Lipinski definition) is 14. The Bertz CT molecular complexity index is 960. The van der Waals surface area contributed by atoms with Crippen LogP contribution in [0.5, 0.6) is 0 Å². The summed E-state index contributed by atoms with van der Waals surface area (Å²) in [6, 6.07) is -2.15. The molecule has 0 saturated carbocycles. The summed E-state index contributed by atoms with van der Waals surface area (Å²) in [5.74, 6) is 0. The summed E-state index contributed by atoms with van der Waals surface area (Å²) >= 11 is 0. The van der Waals surface area contributed by atoms with Gasteiger partial charge < -0.3 is 95.4 Å². The molecule has 0 aromatic carbocycles. The van der Waals surface area contributed by atoms with Crippen molar-refractivity contribution in [3.8, 4) is 0 Å². The zero-order valence-electron chi connectivity index (χ0n) is 23.5. The molecule has 0 amide bonds. The zero-order chi connectivity index (χ0) is 32.6. The van der Waals surface area contributed by atoms with Crippen molar-refractivity contribution >= 4 is 0 Å². The number of hydrogen-bond acceptors (Lipinski definition) is 19. The summed E-state index contributed by atoms with van der Waals surface area (Å²) < 4.78 is 27.2. The molecule has 0 radical (unpaired) electrons. The van der Waals surface area contributed by atoms with Crippen molar-refractivity contribution in [3.05, 3.63) is 11.6 Å². The van der Waals surface area contributed by atoms with Crippen LogP contribution in [0.4, 0.5) is 0 Å². The minimum Gasteiger partial charge on any atom is -0.394 e. The second-order valence-electron chi connectivity index (χ2n) is 11.4. The Morgan fingerprint density at radius 3 is 1.98 bits per heavy atom. The van der Waals surface area contributed by atoms with Crippen molar-refractivity contribution in [1.29, 1.82) is 0 Å². The number of aliphatic hydroxyl groups is 13. The summed E-state index contributed by atoms with van der Waals surface area (Å²) in [6.45, 7) is -0.518. The molecule has 19 atom stereocenters. The molecular formula is C25H43NO18. The topological polar surface area (TPSA) is 321 Å². The molecule has 19 heteroatoms. The normalized spacial score (nSPS) is 52.0. The van der Waals surface area contributed by atoms with E-state index in [-0.39, 0.29) is 5.57 Å². The van der Waals surface area contributed by atoms with Gasteiger partial charge in [0.15, 0.2) is 18.9 Å². The molecule has 4 aliphatic rings. The zero-order valence-corrected chi connectivity index (χ0v) is 23.5. The standard InChI is InChI=1S/C25H43NO18/c1-6-11(26-8-2-7(3-27)12(29)16(33)13(8)30)15(32)20(37)25(41-6)44-22-9(4-28)43-24(21(38)18(22)35)40-5-10-14(31)17(34)19(36)23(39)42-10/h2,6,8-39H,3-5H2,1H3/t6?,8?,9?,10?,11-,12?,13?,14?,15+,16?,17+,18+,19-,20+,21+,22?,23-,24+,25-/m1/s1. The lowest BCUT2D eigenvalue weighted by Gasteiger charge is -2.47. The summed E-state index contributed by atoms with van der Waals surface area (Å²) in [4.78, 5) is 0. The van der Waals surface area contributed by atoms with Crippen LogP contribution >= 0.6 is 0 Å². The van der Waals surface area contributed by atoms with Gasteiger partial charge in [0.25, 0.3) is 0 Å². The Morgan fingerprint density at radius 2 is 1.34 bits per heavy atom. The van der Waals surface area contributed by atoms with Crippen LogP contribution in [0.15, 0.2) is 11.6 Å². The van der Waals surface area contributed by atoms with Gasteiger partial charge in [0, 0.05) is 0 Å². The largest absolute Gasteiger partial charge is 0.394 e. The maximum absolute atomic E-state index is 10.9. The fourth-order valence-electron chi connectivity index (χ4n) is 5.71. The van der Waals surface area contributed by atoms with E-state index in [9.17, 15) is 66.4 Å². The average molecular weight is 646 g/mol. The van der Waals surface area contributed by atoms with Crippen LogP contribution in [-0.4, -0.2) is 203 Å². The third kappa shape index (κ3) is 7.11. The molecule has 3 aliphatic heterocycles. The molecule has 4 rings (SSSR count). The lowest BCUT2D eigenvalue weighted by molar-refractivity contribution is -0.357. The lowest BCUT2D eigenvalue weighted by Crippen LogP contribution is -2.68. The Balaban J connectivity index is 1.37. The van der Waals surface area contributed by atoms with E-state index in [1.807, 2.05) is 0 Å². The highest BCUT2D eigenvalue weighted by atomic mass is 16.7. The van der Waals surface area contributed by atoms with Crippen LogP contribution in [0.1, 0.15) is 6.92 Å². The van der Waals surface area contributed by atoms with Gasteiger partial charge in [-0.15, -0.1) is 0 Å². The van der Waals surface area contributed by atoms with Crippen molar-refractivity contribution < 1.29 is 90.1 Å². The Labute approximate surface area is 250 Å². The van der Waals surface area contributed by atoms with Gasteiger partial charge in [-0.2, -0.15) is 0 Å². The molecule has 3 saturated heterocycles. The van der Waals surface area contributed by atoms with E-state index in [2.05, 4.69) is 5.32 Å². The monoisotopic (exact) mass is 645 g/mol. The Hall–Kier alpha value is -1.02. The molecule has 0 spiro atoms. The highest BCUT2D eigenvalue weighted by Crippen LogP contribution is 2.31. The molecule has 3 heterocycles. The molecule has 1 aliphatic carbocycles. The maximum Gasteiger partial charge on any atom is 0.187 e. The SMILES string of the molecule is CC1O[C@H](OC2C(CO)O[C@H](OCC3O[C@@H](O)[C@H](O)[C@@H](O)C3O)[C@@H](O)[C@@H]2O)[C@@H](O)[C@@H](O)[C@@H]1NC1C=C(CO)C(O)C(O)C1O. The van der Waals surface area contributed by atoms with E-state index in [4.69, 9.17) is 23.7 Å². The fraction of sp³-hybridized carbons (Fsp3) is 0.920. The van der Waals surface area contributed by atoms with Crippen molar-refractivity contribution in [3.63, 3.8) is 0 Å². The highest BCUT2D eigenvalue weighted by molar-refractivity contribution is 5.22. The van der Waals surface area contributed by atoms with Gasteiger partial charge in [-0.3, -0.25) is 0 Å². The Kier molecular flexibility index (Phi) is 12.1. The number of ether oxygens (including phenoxy) is 5. The minimum absolute atomic E-state index is 0.0273. The van der Waals surface area contributed by atoms with Crippen LogP contribution in [-0.2, 0) is 23.7 Å². The first-order valence-electron chi connectivity index (χ1n) is 14.1. The predicted octanol–water partition coefficient (Wildman–Crippen LogP) is -8.56. The van der Waals surface area contributed by atoms with Crippen molar-refractivity contribution in [1.82, 2.24) is 5.32 Å². The highest BCUT2D eigenvalue weighted by Gasteiger charge is 2.52. The molecule has 0 bridgehead atoms. The van der Waals surface area contributed by atoms with Crippen LogP contribution < -0.4 is 5.32 Å². The predicted molar refractivity (Wildman–Crippen MR) is 138 cm³/mol. The third-order valence-corrected chi connectivity index (χ3v) is 8.46. The minimum atomic E-state index is -1.84. The van der Waals surface area contributed by atoms with Gasteiger partial charge in [-0.25, -0.2) is 0 Å². The summed E-state index contributed by atoms with van der Waals surface area (Å²) in [6.07, 6.45) is -26.1. The molecule has 3 fully saturated rings. The number of rotatable bonds is 9. The van der Waals surface area contributed by atoms with Crippen molar-refractivity contribution in [2.75, 3.05) is 19.8 Å². The molecule has 9 unspecified atom stereocenters. The van der Waals surface area contributed by atoms with E-state index < -0.39 is 136 Å². The average Bonchev–Trinajstić information content (AvgIpc) is 3.00. The van der Waals surface area contributed by atoms with Crippen LogP contribution in [0.3, 0.4) is 0 Å². The van der Waals surface area contributed by atoms with E-state index in [1.54, 1.807) is 0 Å². The van der Waals surface area contributed by atoms with E-state index >= 15 is 0 Å². The van der Waals surface area contributed by atoms with Crippen LogP contribution in [0, 0.1) is 0 Å². The molecular weight excluding hydrogens is 602 g/mol. The second-order valence-corrected chi connectivity index (χ2v) is 11.4. The smallest absolute Gasteiger partial charge is 0.187 e. The summed E-state index contributed by atoms with van der Waals surface area (Å²) in [5.41, 5.74) is 0.0273. The van der Waals surface area contributed by atoms with Gasteiger partial charge in [0.05, 0.1) is 38.0 Å². The number of aliphatic hydroxyl groups excluding tert-OH is 13. The molecule has 0 aromatic rings. The first kappa shape index (κ1) is 35.8. The van der Waals surface area contributed by atoms with Crippen LogP contribution in [0.2, 0.25) is 0 Å². The van der Waals surface area contributed by atoms with Crippen molar-refractivity contribution in [2.24, 2.45) is 0 Å². The maximum atomic E-state index is 10.9. The van der Waals surface area contributed by atoms with Gasteiger partial charge in [-0.05, 0) is 12.5 Å². The van der Waals surface area contributed by atoms with E-state index in [1.165, 1.54) is 13.0 Å². The molecule has 0 aromatic heterocycles. The first-order chi connectivity index (χ1) is 20.7. The molecule has 14 N–H and O–H groups in total. The second kappa shape index (κ2) is 14.8. The summed E-state index contributed by atoms with van der Waals surface area (Å²) in [7, 11) is 0. The molecule has 44 heavy (non-hydrogen) atoms. The van der Waals surface area contributed by atoms with Crippen molar-refractivity contribution in [2.45, 2.75) is 123 Å². The first-order valence-corrected chi connectivity index (χ1v) is 14.1. The quantitative estimate of drug-likeness (QED) is 0.103. The van der Waals surface area contributed by atoms with Gasteiger partial charge in [0.2, 0.25) is 0 Å². The molecule has 19 nitrogen and oxygen atoms in total. The van der Waals surface area contributed by atoms with Gasteiger partial charge in [0.1, 0.15) is 79.4 Å². The van der Waals surface area contributed by atoms with Gasteiger partial charge in [-0.1, -0.05) is 6.08 Å². The van der Waals surface area contributed by atoms with Gasteiger partial charge >= 0.3 is 0 Å². The lowest BCUT2D eigenvalue weighted by atomic mass is 9.86. The van der Waals surface area contributed by atoms with E-state index in [0.717, 1.165) is 0 Å². The third-order valence-electron chi connectivity index (χ3n) is 8.46. The summed E-state index contributed by atoms with van der Waals surface area (Å²) in [5, 5.41) is 135. The van der Waals surface area contributed by atoms with Crippen LogP contribution in [0.25, 0.3) is 0 Å². The fourth-order valence-corrected chi connectivity index (χ4v) is 5.71. The van der Waals surface area contributed by atoms with E-state index in [0.29, 0.717) is 0 Å². The molecule has 256 valence electrons. The number of nitrogens with one attached hydrogen (secondary N) is 1.